The lowest BCUT2D eigenvalue weighted by molar-refractivity contribution is -0.239. The van der Waals surface area contributed by atoms with Crippen molar-refractivity contribution in [1.82, 2.24) is 0 Å². The highest BCUT2D eigenvalue weighted by atomic mass is 16.8. The molecular weight excluding hydrogens is 460 g/mol. The van der Waals surface area contributed by atoms with Gasteiger partial charge in [0.1, 0.15) is 42.4 Å². The normalized spacial score (nSPS) is 31.0. The first-order chi connectivity index (χ1) is 17.6. The van der Waals surface area contributed by atoms with Crippen LogP contribution < -0.4 is 4.74 Å². The number of hydrogen-bond donors (Lipinski definition) is 0. The van der Waals surface area contributed by atoms with Gasteiger partial charge in [0.05, 0.1) is 33.5 Å². The van der Waals surface area contributed by atoms with Crippen LogP contribution in [0.5, 0.6) is 5.75 Å². The Kier molecular flexibility index (Phi) is 9.76. The molecule has 3 aliphatic rings. The molecule has 0 radical (unpaired) electrons. The summed E-state index contributed by atoms with van der Waals surface area (Å²) >= 11 is 0. The van der Waals surface area contributed by atoms with Crippen molar-refractivity contribution < 1.29 is 33.2 Å². The fourth-order valence-corrected chi connectivity index (χ4v) is 5.45. The van der Waals surface area contributed by atoms with E-state index in [-0.39, 0.29) is 12.2 Å². The molecule has 0 N–H and O–H groups in total. The number of benzene rings is 1. The molecule has 7 heteroatoms. The maximum Gasteiger partial charge on any atom is 0.169 e. The molecule has 0 aromatic heterocycles. The Bertz CT molecular complexity index is 848. The molecule has 2 saturated carbocycles. The second-order valence-corrected chi connectivity index (χ2v) is 9.52. The molecule has 7 nitrogen and oxygen atoms in total. The average molecular weight is 501 g/mol. The fraction of sp³-hybridized carbons (Fsp3) is 0.586. The van der Waals surface area contributed by atoms with Crippen LogP contribution in [0.15, 0.2) is 62.2 Å². The van der Waals surface area contributed by atoms with E-state index in [1.165, 1.54) is 6.42 Å². The summed E-state index contributed by atoms with van der Waals surface area (Å²) in [6, 6.07) is 7.84. The molecule has 1 heterocycles. The Balaban J connectivity index is 1.65. The molecule has 1 aliphatic heterocycles. The molecule has 6 atom stereocenters. The topological polar surface area (TPSA) is 64.6 Å². The molecule has 1 spiro atoms. The van der Waals surface area contributed by atoms with E-state index in [0.717, 1.165) is 37.0 Å². The molecule has 36 heavy (non-hydrogen) atoms. The SMILES string of the molecule is C=CCO[C@@H]1[C@@H](OCC=C)[C@H](OCc2ccc(OC)cc2)[C@@H]2OC3(CCCCC3)O[C@@H]2[C@H]1OCC=C. The van der Waals surface area contributed by atoms with E-state index < -0.39 is 30.2 Å². The maximum absolute atomic E-state index is 6.75. The van der Waals surface area contributed by atoms with E-state index in [0.29, 0.717) is 26.4 Å². The zero-order chi connectivity index (χ0) is 25.4. The van der Waals surface area contributed by atoms with Gasteiger partial charge in [-0.05, 0) is 30.5 Å². The minimum absolute atomic E-state index is 0.346. The lowest BCUT2D eigenvalue weighted by atomic mass is 9.84. The highest BCUT2D eigenvalue weighted by Gasteiger charge is 2.62. The zero-order valence-electron chi connectivity index (χ0n) is 21.3. The van der Waals surface area contributed by atoms with Gasteiger partial charge in [-0.2, -0.15) is 0 Å². The van der Waals surface area contributed by atoms with Crippen LogP contribution in [0.4, 0.5) is 0 Å². The summed E-state index contributed by atoms with van der Waals surface area (Å²) in [5.74, 6) is 0.178. The van der Waals surface area contributed by atoms with Crippen LogP contribution in [0, 0.1) is 0 Å². The molecule has 0 amide bonds. The minimum atomic E-state index is -0.624. The maximum atomic E-state index is 6.75. The Hall–Kier alpha value is -2.00. The van der Waals surface area contributed by atoms with Crippen molar-refractivity contribution in [2.75, 3.05) is 26.9 Å². The highest BCUT2D eigenvalue weighted by Crippen LogP contribution is 2.47. The number of fused-ring (bicyclic) bond motifs is 1. The Morgan fingerprint density at radius 3 is 1.75 bits per heavy atom. The van der Waals surface area contributed by atoms with Crippen LogP contribution in [-0.4, -0.2) is 69.3 Å². The van der Waals surface area contributed by atoms with Gasteiger partial charge in [0, 0.05) is 12.8 Å². The predicted octanol–water partition coefficient (Wildman–Crippen LogP) is 4.75. The van der Waals surface area contributed by atoms with Gasteiger partial charge >= 0.3 is 0 Å². The van der Waals surface area contributed by atoms with E-state index in [2.05, 4.69) is 19.7 Å². The molecule has 0 bridgehead atoms. The van der Waals surface area contributed by atoms with E-state index in [1.807, 2.05) is 24.3 Å². The number of hydrogen-bond acceptors (Lipinski definition) is 7. The Labute approximate surface area is 215 Å². The lowest BCUT2D eigenvalue weighted by Crippen LogP contribution is -2.65. The van der Waals surface area contributed by atoms with Crippen LogP contribution >= 0.6 is 0 Å². The van der Waals surface area contributed by atoms with E-state index in [4.69, 9.17) is 33.2 Å². The molecular formula is C29H40O7. The fourth-order valence-electron chi connectivity index (χ4n) is 5.45. The van der Waals surface area contributed by atoms with Crippen LogP contribution in [0.2, 0.25) is 0 Å². The number of rotatable bonds is 13. The van der Waals surface area contributed by atoms with E-state index in [1.54, 1.807) is 25.3 Å². The van der Waals surface area contributed by atoms with Crippen molar-refractivity contribution in [3.8, 4) is 5.75 Å². The van der Waals surface area contributed by atoms with Crippen molar-refractivity contribution in [3.05, 3.63) is 67.8 Å². The third kappa shape index (κ3) is 6.10. The molecule has 1 aromatic rings. The highest BCUT2D eigenvalue weighted by molar-refractivity contribution is 5.26. The Morgan fingerprint density at radius 1 is 0.750 bits per heavy atom. The summed E-state index contributed by atoms with van der Waals surface area (Å²) in [5, 5.41) is 0. The van der Waals surface area contributed by atoms with Crippen molar-refractivity contribution in [3.63, 3.8) is 0 Å². The summed E-state index contributed by atoms with van der Waals surface area (Å²) in [7, 11) is 1.65. The van der Waals surface area contributed by atoms with Crippen molar-refractivity contribution in [2.45, 2.75) is 81.1 Å². The molecule has 198 valence electrons. The van der Waals surface area contributed by atoms with Gasteiger partial charge in [-0.15, -0.1) is 19.7 Å². The van der Waals surface area contributed by atoms with Crippen molar-refractivity contribution >= 4 is 0 Å². The molecule has 1 aromatic carbocycles. The van der Waals surface area contributed by atoms with E-state index >= 15 is 0 Å². The van der Waals surface area contributed by atoms with Gasteiger partial charge in [-0.25, -0.2) is 0 Å². The summed E-state index contributed by atoms with van der Waals surface area (Å²) in [5.41, 5.74) is 1.02. The molecule has 0 unspecified atom stereocenters. The van der Waals surface area contributed by atoms with Gasteiger partial charge in [0.15, 0.2) is 5.79 Å². The first kappa shape index (κ1) is 27.0. The quantitative estimate of drug-likeness (QED) is 0.362. The van der Waals surface area contributed by atoms with Crippen LogP contribution in [-0.2, 0) is 35.0 Å². The van der Waals surface area contributed by atoms with Gasteiger partial charge in [0.2, 0.25) is 0 Å². The van der Waals surface area contributed by atoms with Crippen LogP contribution in [0.3, 0.4) is 0 Å². The molecule has 1 saturated heterocycles. The van der Waals surface area contributed by atoms with E-state index in [9.17, 15) is 0 Å². The predicted molar refractivity (Wildman–Crippen MR) is 137 cm³/mol. The smallest absolute Gasteiger partial charge is 0.169 e. The second-order valence-electron chi connectivity index (χ2n) is 9.52. The average Bonchev–Trinajstić information content (AvgIpc) is 3.27. The summed E-state index contributed by atoms with van der Waals surface area (Å²) in [4.78, 5) is 0. The molecule has 3 fully saturated rings. The monoisotopic (exact) mass is 500 g/mol. The summed E-state index contributed by atoms with van der Waals surface area (Å²) in [6.07, 6.45) is 7.75. The molecule has 2 aliphatic carbocycles. The van der Waals surface area contributed by atoms with Gasteiger partial charge in [0.25, 0.3) is 0 Å². The van der Waals surface area contributed by atoms with Gasteiger partial charge in [-0.1, -0.05) is 36.8 Å². The number of methoxy groups -OCH3 is 1. The van der Waals surface area contributed by atoms with Crippen LogP contribution in [0.1, 0.15) is 37.7 Å². The first-order valence-corrected chi connectivity index (χ1v) is 12.9. The molecule has 4 rings (SSSR count). The third-order valence-corrected chi connectivity index (χ3v) is 7.08. The van der Waals surface area contributed by atoms with Gasteiger partial charge < -0.3 is 33.2 Å². The standard InChI is InChI=1S/C29H40O7/c1-5-17-31-23-24(32-18-6-2)26(34-20-21-11-13-22(30-4)14-12-21)28-27(25(23)33-19-7-3)35-29(36-28)15-9-8-10-16-29/h5-7,11-14,23-28H,1-3,8-10,15-20H2,4H3/t23-,24-,25+,26+,27-,28+/m1/s1. The number of ether oxygens (including phenoxy) is 7. The first-order valence-electron chi connectivity index (χ1n) is 12.9. The Morgan fingerprint density at radius 2 is 1.25 bits per heavy atom. The summed E-state index contributed by atoms with van der Waals surface area (Å²) < 4.78 is 44.2. The van der Waals surface area contributed by atoms with Crippen molar-refractivity contribution in [1.29, 1.82) is 0 Å². The third-order valence-electron chi connectivity index (χ3n) is 7.08. The summed E-state index contributed by atoms with van der Waals surface area (Å²) in [6.45, 7) is 12.9. The largest absolute Gasteiger partial charge is 0.497 e. The second kappa shape index (κ2) is 13.0. The van der Waals surface area contributed by atoms with Crippen molar-refractivity contribution in [2.24, 2.45) is 0 Å². The van der Waals surface area contributed by atoms with Gasteiger partial charge in [-0.3, -0.25) is 0 Å². The zero-order valence-corrected chi connectivity index (χ0v) is 21.3. The van der Waals surface area contributed by atoms with Crippen LogP contribution in [0.25, 0.3) is 0 Å². The lowest BCUT2D eigenvalue weighted by Gasteiger charge is -2.46. The minimum Gasteiger partial charge on any atom is -0.497 e.